The topological polar surface area (TPSA) is 74.2 Å². The molecular formula is C15H23N3O2. The predicted octanol–water partition coefficient (Wildman–Crippen LogP) is 1.94. The van der Waals surface area contributed by atoms with Crippen LogP contribution in [-0.4, -0.2) is 35.2 Å². The van der Waals surface area contributed by atoms with Crippen LogP contribution in [0.5, 0.6) is 0 Å². The summed E-state index contributed by atoms with van der Waals surface area (Å²) in [5.74, 6) is -0.207. The maximum absolute atomic E-state index is 11.5. The number of rotatable bonds is 4. The van der Waals surface area contributed by atoms with Crippen molar-refractivity contribution in [3.05, 3.63) is 24.0 Å². The first-order valence-electron chi connectivity index (χ1n) is 7.27. The molecular weight excluding hydrogens is 254 g/mol. The van der Waals surface area contributed by atoms with Gasteiger partial charge in [0.15, 0.2) is 0 Å². The second-order valence-corrected chi connectivity index (χ2v) is 5.50. The molecule has 0 aromatic carbocycles. The minimum Gasteiger partial charge on any atom is -0.388 e. The number of carbonyl (C=O) groups excluding carboxylic acids is 1. The zero-order chi connectivity index (χ0) is 14.4. The highest BCUT2D eigenvalue weighted by atomic mass is 16.3. The molecule has 2 rings (SSSR count). The van der Waals surface area contributed by atoms with Crippen LogP contribution in [0.15, 0.2) is 18.3 Å². The van der Waals surface area contributed by atoms with E-state index in [-0.39, 0.29) is 5.91 Å². The van der Waals surface area contributed by atoms with Gasteiger partial charge in [-0.15, -0.1) is 0 Å². The minimum atomic E-state index is -0.632. The molecule has 1 aromatic heterocycles. The quantitative estimate of drug-likeness (QED) is 0.735. The summed E-state index contributed by atoms with van der Waals surface area (Å²) >= 11 is 0. The lowest BCUT2D eigenvalue weighted by Gasteiger charge is -2.27. The summed E-state index contributed by atoms with van der Waals surface area (Å²) in [5, 5.41) is 16.4. The number of nitrogens with zero attached hydrogens (tertiary/aromatic N) is 1. The molecule has 110 valence electrons. The van der Waals surface area contributed by atoms with E-state index in [4.69, 9.17) is 0 Å². The summed E-state index contributed by atoms with van der Waals surface area (Å²) in [6.45, 7) is 0.518. The fourth-order valence-corrected chi connectivity index (χ4v) is 2.62. The molecule has 0 bridgehead atoms. The van der Waals surface area contributed by atoms with Crippen molar-refractivity contribution in [1.29, 1.82) is 0 Å². The van der Waals surface area contributed by atoms with Crippen LogP contribution in [0.1, 0.15) is 49.0 Å². The molecule has 5 heteroatoms. The Morgan fingerprint density at radius 1 is 1.35 bits per heavy atom. The van der Waals surface area contributed by atoms with Crippen molar-refractivity contribution in [1.82, 2.24) is 10.3 Å². The van der Waals surface area contributed by atoms with E-state index < -0.39 is 5.60 Å². The van der Waals surface area contributed by atoms with E-state index in [1.807, 2.05) is 6.07 Å². The van der Waals surface area contributed by atoms with Gasteiger partial charge in [-0.1, -0.05) is 25.7 Å². The van der Waals surface area contributed by atoms with Crippen LogP contribution in [-0.2, 0) is 0 Å². The molecule has 1 aliphatic rings. The molecule has 3 N–H and O–H groups in total. The second-order valence-electron chi connectivity index (χ2n) is 5.50. The summed E-state index contributed by atoms with van der Waals surface area (Å²) in [6, 6.07) is 3.52. The zero-order valence-electron chi connectivity index (χ0n) is 12.0. The molecule has 0 radical (unpaired) electrons. The first-order valence-corrected chi connectivity index (χ1v) is 7.27. The number of aliphatic hydroxyl groups is 1. The van der Waals surface area contributed by atoms with E-state index in [1.165, 1.54) is 12.8 Å². The first kappa shape index (κ1) is 14.8. The molecule has 1 fully saturated rings. The van der Waals surface area contributed by atoms with Crippen LogP contribution in [0, 0.1) is 0 Å². The third kappa shape index (κ3) is 3.93. The summed E-state index contributed by atoms with van der Waals surface area (Å²) in [6.07, 6.45) is 7.86. The molecule has 1 saturated carbocycles. The third-order valence-electron chi connectivity index (χ3n) is 3.88. The molecule has 0 unspecified atom stereocenters. The van der Waals surface area contributed by atoms with Gasteiger partial charge in [-0.2, -0.15) is 0 Å². The van der Waals surface area contributed by atoms with Gasteiger partial charge in [-0.05, 0) is 25.0 Å². The first-order chi connectivity index (χ1) is 9.63. The summed E-state index contributed by atoms with van der Waals surface area (Å²) in [4.78, 5) is 15.6. The smallest absolute Gasteiger partial charge is 0.269 e. The van der Waals surface area contributed by atoms with E-state index in [0.717, 1.165) is 31.4 Å². The molecule has 1 aromatic rings. The maximum atomic E-state index is 11.5. The van der Waals surface area contributed by atoms with Crippen LogP contribution in [0.2, 0.25) is 0 Å². The molecule has 1 amide bonds. The Bertz CT molecular complexity index is 454. The van der Waals surface area contributed by atoms with Gasteiger partial charge in [0.2, 0.25) is 0 Å². The predicted molar refractivity (Wildman–Crippen MR) is 78.8 cm³/mol. The van der Waals surface area contributed by atoms with Gasteiger partial charge in [0.25, 0.3) is 5.91 Å². The molecule has 0 saturated heterocycles. The molecule has 20 heavy (non-hydrogen) atoms. The van der Waals surface area contributed by atoms with E-state index >= 15 is 0 Å². The Morgan fingerprint density at radius 3 is 2.70 bits per heavy atom. The summed E-state index contributed by atoms with van der Waals surface area (Å²) < 4.78 is 0. The van der Waals surface area contributed by atoms with Crippen molar-refractivity contribution in [2.24, 2.45) is 0 Å². The van der Waals surface area contributed by atoms with Gasteiger partial charge in [-0.25, -0.2) is 0 Å². The van der Waals surface area contributed by atoms with Crippen molar-refractivity contribution < 1.29 is 9.90 Å². The van der Waals surface area contributed by atoms with E-state index in [9.17, 15) is 9.90 Å². The SMILES string of the molecule is CNC(=O)c1cc(NCC2(O)CCCCCC2)ccn1. The lowest BCUT2D eigenvalue weighted by Crippen LogP contribution is -2.36. The van der Waals surface area contributed by atoms with Crippen molar-refractivity contribution in [3.8, 4) is 0 Å². The molecule has 0 spiro atoms. The Hall–Kier alpha value is -1.62. The van der Waals surface area contributed by atoms with Crippen molar-refractivity contribution in [2.45, 2.75) is 44.1 Å². The lowest BCUT2D eigenvalue weighted by molar-refractivity contribution is 0.0381. The molecule has 5 nitrogen and oxygen atoms in total. The number of pyridine rings is 1. The van der Waals surface area contributed by atoms with Crippen LogP contribution < -0.4 is 10.6 Å². The van der Waals surface area contributed by atoms with Crippen molar-refractivity contribution >= 4 is 11.6 Å². The normalized spacial score (nSPS) is 18.1. The molecule has 1 aliphatic carbocycles. The van der Waals surface area contributed by atoms with Crippen LogP contribution >= 0.6 is 0 Å². The Labute approximate surface area is 119 Å². The van der Waals surface area contributed by atoms with Crippen LogP contribution in [0.4, 0.5) is 5.69 Å². The van der Waals surface area contributed by atoms with Gasteiger partial charge in [0, 0.05) is 25.5 Å². The van der Waals surface area contributed by atoms with Crippen molar-refractivity contribution in [2.75, 3.05) is 18.9 Å². The number of hydrogen-bond donors (Lipinski definition) is 3. The average molecular weight is 277 g/mol. The van der Waals surface area contributed by atoms with Crippen LogP contribution in [0.25, 0.3) is 0 Å². The highest BCUT2D eigenvalue weighted by Crippen LogP contribution is 2.27. The Kier molecular flexibility index (Phi) is 4.95. The van der Waals surface area contributed by atoms with Gasteiger partial charge in [0.05, 0.1) is 5.60 Å². The average Bonchev–Trinajstić information content (AvgIpc) is 2.70. The Balaban J connectivity index is 1.97. The van der Waals surface area contributed by atoms with Crippen molar-refractivity contribution in [3.63, 3.8) is 0 Å². The van der Waals surface area contributed by atoms with E-state index in [2.05, 4.69) is 15.6 Å². The number of nitrogens with one attached hydrogen (secondary N) is 2. The summed E-state index contributed by atoms with van der Waals surface area (Å²) in [5.41, 5.74) is 0.564. The van der Waals surface area contributed by atoms with E-state index in [1.54, 1.807) is 19.3 Å². The highest BCUT2D eigenvalue weighted by Gasteiger charge is 2.27. The largest absolute Gasteiger partial charge is 0.388 e. The number of anilines is 1. The number of aromatic nitrogens is 1. The standard InChI is InChI=1S/C15H23N3O2/c1-16-14(19)13-10-12(6-9-17-13)18-11-15(20)7-4-2-3-5-8-15/h6,9-10,20H,2-5,7-8,11H2,1H3,(H,16,19)(H,17,18). The number of amides is 1. The van der Waals surface area contributed by atoms with Gasteiger partial charge in [0.1, 0.15) is 5.69 Å². The van der Waals surface area contributed by atoms with Gasteiger partial charge >= 0.3 is 0 Å². The monoisotopic (exact) mass is 277 g/mol. The minimum absolute atomic E-state index is 0.207. The number of hydrogen-bond acceptors (Lipinski definition) is 4. The van der Waals surface area contributed by atoms with Gasteiger partial charge < -0.3 is 15.7 Å². The second kappa shape index (κ2) is 6.70. The third-order valence-corrected chi connectivity index (χ3v) is 3.88. The number of carbonyl (C=O) groups is 1. The maximum Gasteiger partial charge on any atom is 0.269 e. The molecule has 0 atom stereocenters. The summed E-state index contributed by atoms with van der Waals surface area (Å²) in [7, 11) is 1.58. The zero-order valence-corrected chi connectivity index (χ0v) is 12.0. The Morgan fingerprint density at radius 2 is 2.05 bits per heavy atom. The van der Waals surface area contributed by atoms with Gasteiger partial charge in [-0.3, -0.25) is 9.78 Å². The lowest BCUT2D eigenvalue weighted by atomic mass is 9.94. The molecule has 0 aliphatic heterocycles. The highest BCUT2D eigenvalue weighted by molar-refractivity contribution is 5.92. The van der Waals surface area contributed by atoms with Crippen LogP contribution in [0.3, 0.4) is 0 Å². The van der Waals surface area contributed by atoms with E-state index in [0.29, 0.717) is 12.2 Å². The fourth-order valence-electron chi connectivity index (χ4n) is 2.62. The molecule has 1 heterocycles. The fraction of sp³-hybridized carbons (Fsp3) is 0.600.